The molecular formula is C17H15IN2O. The maximum Gasteiger partial charge on any atom is 0.256 e. The summed E-state index contributed by atoms with van der Waals surface area (Å²) >= 11 is 2.26. The van der Waals surface area contributed by atoms with Crippen molar-refractivity contribution in [3.05, 3.63) is 57.2 Å². The van der Waals surface area contributed by atoms with E-state index in [0.717, 1.165) is 31.6 Å². The quantitative estimate of drug-likeness (QED) is 0.624. The Bertz CT molecular complexity index is 733. The molecule has 0 unspecified atom stereocenters. The lowest BCUT2D eigenvalue weighted by molar-refractivity contribution is -0.110. The number of halogens is 1. The Morgan fingerprint density at radius 3 is 2.48 bits per heavy atom. The third-order valence-corrected chi connectivity index (χ3v) is 4.16. The Hall–Kier alpha value is -1.82. The molecule has 0 saturated carbocycles. The van der Waals surface area contributed by atoms with Gasteiger partial charge in [0, 0.05) is 40.2 Å². The highest BCUT2D eigenvalue weighted by Crippen LogP contribution is 2.34. The molecule has 0 aliphatic carbocycles. The van der Waals surface area contributed by atoms with Crippen molar-refractivity contribution in [2.24, 2.45) is 0 Å². The van der Waals surface area contributed by atoms with E-state index in [-0.39, 0.29) is 5.91 Å². The summed E-state index contributed by atoms with van der Waals surface area (Å²) in [6, 6.07) is 14.1. The number of rotatable bonds is 2. The monoisotopic (exact) mass is 390 g/mol. The molecule has 0 radical (unpaired) electrons. The SMILES string of the molecule is CN(C)c1ccc(/C=C2/C(=O)Nc3ccc(I)cc32)cc1. The minimum Gasteiger partial charge on any atom is -0.378 e. The molecule has 1 N–H and O–H groups in total. The number of carbonyl (C=O) groups excluding carboxylic acids is 1. The molecule has 1 aliphatic rings. The van der Waals surface area contributed by atoms with Gasteiger partial charge in [0.05, 0.1) is 0 Å². The topological polar surface area (TPSA) is 32.3 Å². The molecule has 1 aliphatic heterocycles. The predicted molar refractivity (Wildman–Crippen MR) is 96.4 cm³/mol. The van der Waals surface area contributed by atoms with E-state index in [9.17, 15) is 4.79 Å². The number of anilines is 2. The van der Waals surface area contributed by atoms with Crippen molar-refractivity contribution in [2.75, 3.05) is 24.3 Å². The van der Waals surface area contributed by atoms with Crippen LogP contribution in [0.4, 0.5) is 11.4 Å². The van der Waals surface area contributed by atoms with Crippen LogP contribution in [0.2, 0.25) is 0 Å². The molecule has 0 spiro atoms. The number of hydrogen-bond donors (Lipinski definition) is 1. The maximum atomic E-state index is 12.1. The summed E-state index contributed by atoms with van der Waals surface area (Å²) < 4.78 is 1.12. The standard InChI is InChI=1S/C17H15IN2O/c1-20(2)13-6-3-11(4-7-13)9-15-14-10-12(18)5-8-16(14)19-17(15)21/h3-10H,1-2H3,(H,19,21)/b15-9+. The van der Waals surface area contributed by atoms with Gasteiger partial charge >= 0.3 is 0 Å². The summed E-state index contributed by atoms with van der Waals surface area (Å²) in [6.45, 7) is 0. The molecule has 0 atom stereocenters. The molecular weight excluding hydrogens is 375 g/mol. The Kier molecular flexibility index (Phi) is 3.71. The summed E-state index contributed by atoms with van der Waals surface area (Å²) in [4.78, 5) is 14.2. The first kappa shape index (κ1) is 14.1. The third kappa shape index (κ3) is 2.81. The van der Waals surface area contributed by atoms with E-state index in [0.29, 0.717) is 0 Å². The van der Waals surface area contributed by atoms with E-state index in [1.54, 1.807) is 0 Å². The fourth-order valence-corrected chi connectivity index (χ4v) is 2.83. The Morgan fingerprint density at radius 1 is 1.10 bits per heavy atom. The Balaban J connectivity index is 2.00. The second-order valence-electron chi connectivity index (χ2n) is 5.19. The summed E-state index contributed by atoms with van der Waals surface area (Å²) in [5.41, 5.74) is 4.75. The van der Waals surface area contributed by atoms with Gasteiger partial charge in [0.15, 0.2) is 0 Å². The smallest absolute Gasteiger partial charge is 0.256 e. The first-order chi connectivity index (χ1) is 10.0. The molecule has 0 saturated heterocycles. The highest BCUT2D eigenvalue weighted by Gasteiger charge is 2.23. The van der Waals surface area contributed by atoms with Crippen LogP contribution < -0.4 is 10.2 Å². The molecule has 0 fully saturated rings. The molecule has 1 heterocycles. The average Bonchev–Trinajstić information content (AvgIpc) is 2.76. The normalized spacial score (nSPS) is 15.0. The van der Waals surface area contributed by atoms with Crippen LogP contribution >= 0.6 is 22.6 Å². The van der Waals surface area contributed by atoms with Gasteiger partial charge in [-0.1, -0.05) is 12.1 Å². The number of nitrogens with one attached hydrogen (secondary N) is 1. The van der Waals surface area contributed by atoms with E-state index < -0.39 is 0 Å². The molecule has 0 aromatic heterocycles. The number of nitrogens with zero attached hydrogens (tertiary/aromatic N) is 1. The molecule has 21 heavy (non-hydrogen) atoms. The lowest BCUT2D eigenvalue weighted by atomic mass is 10.0. The van der Waals surface area contributed by atoms with Crippen LogP contribution in [-0.4, -0.2) is 20.0 Å². The zero-order valence-corrected chi connectivity index (χ0v) is 14.0. The van der Waals surface area contributed by atoms with E-state index in [2.05, 4.69) is 44.9 Å². The molecule has 3 rings (SSSR count). The van der Waals surface area contributed by atoms with Gasteiger partial charge in [-0.15, -0.1) is 0 Å². The van der Waals surface area contributed by atoms with Crippen molar-refractivity contribution in [1.29, 1.82) is 0 Å². The summed E-state index contributed by atoms with van der Waals surface area (Å²) in [5, 5.41) is 2.91. The van der Waals surface area contributed by atoms with E-state index in [4.69, 9.17) is 0 Å². The highest BCUT2D eigenvalue weighted by atomic mass is 127. The van der Waals surface area contributed by atoms with Crippen LogP contribution in [0.3, 0.4) is 0 Å². The zero-order chi connectivity index (χ0) is 15.0. The predicted octanol–water partition coefficient (Wildman–Crippen LogP) is 3.85. The fraction of sp³-hybridized carbons (Fsp3) is 0.118. The van der Waals surface area contributed by atoms with E-state index in [1.807, 2.05) is 50.5 Å². The lowest BCUT2D eigenvalue weighted by Crippen LogP contribution is -2.08. The van der Waals surface area contributed by atoms with Crippen molar-refractivity contribution < 1.29 is 4.79 Å². The van der Waals surface area contributed by atoms with Crippen molar-refractivity contribution in [3.63, 3.8) is 0 Å². The Labute approximate surface area is 137 Å². The van der Waals surface area contributed by atoms with Gasteiger partial charge in [0.1, 0.15) is 0 Å². The largest absolute Gasteiger partial charge is 0.378 e. The van der Waals surface area contributed by atoms with Crippen LogP contribution in [-0.2, 0) is 4.79 Å². The van der Waals surface area contributed by atoms with Crippen molar-refractivity contribution in [3.8, 4) is 0 Å². The van der Waals surface area contributed by atoms with Crippen LogP contribution in [0.15, 0.2) is 42.5 Å². The average molecular weight is 390 g/mol. The van der Waals surface area contributed by atoms with E-state index in [1.165, 1.54) is 0 Å². The van der Waals surface area contributed by atoms with Crippen LogP contribution in [0.25, 0.3) is 11.6 Å². The highest BCUT2D eigenvalue weighted by molar-refractivity contribution is 14.1. The minimum absolute atomic E-state index is 0.0383. The van der Waals surface area contributed by atoms with Gasteiger partial charge < -0.3 is 10.2 Å². The molecule has 0 bridgehead atoms. The van der Waals surface area contributed by atoms with Crippen molar-refractivity contribution >= 4 is 51.5 Å². The van der Waals surface area contributed by atoms with Gasteiger partial charge in [-0.2, -0.15) is 0 Å². The second kappa shape index (κ2) is 5.52. The molecule has 2 aromatic carbocycles. The van der Waals surface area contributed by atoms with Crippen LogP contribution in [0.1, 0.15) is 11.1 Å². The number of carbonyl (C=O) groups is 1. The van der Waals surface area contributed by atoms with Gasteiger partial charge in [-0.3, -0.25) is 4.79 Å². The van der Waals surface area contributed by atoms with Crippen molar-refractivity contribution in [1.82, 2.24) is 0 Å². The summed E-state index contributed by atoms with van der Waals surface area (Å²) in [5.74, 6) is -0.0383. The summed E-state index contributed by atoms with van der Waals surface area (Å²) in [6.07, 6.45) is 1.94. The van der Waals surface area contributed by atoms with Gasteiger partial charge in [0.2, 0.25) is 0 Å². The van der Waals surface area contributed by atoms with E-state index >= 15 is 0 Å². The fourth-order valence-electron chi connectivity index (χ4n) is 2.34. The molecule has 3 nitrogen and oxygen atoms in total. The molecule has 4 heteroatoms. The first-order valence-corrected chi connectivity index (χ1v) is 7.73. The Morgan fingerprint density at radius 2 is 1.81 bits per heavy atom. The number of benzene rings is 2. The van der Waals surface area contributed by atoms with Crippen LogP contribution in [0, 0.1) is 3.57 Å². The van der Waals surface area contributed by atoms with Gasteiger partial charge in [-0.05, 0) is 64.6 Å². The minimum atomic E-state index is -0.0383. The zero-order valence-electron chi connectivity index (χ0n) is 11.9. The molecule has 2 aromatic rings. The number of fused-ring (bicyclic) bond motifs is 1. The number of amides is 1. The first-order valence-electron chi connectivity index (χ1n) is 6.65. The maximum absolute atomic E-state index is 12.1. The van der Waals surface area contributed by atoms with Gasteiger partial charge in [0.25, 0.3) is 5.91 Å². The molecule has 106 valence electrons. The lowest BCUT2D eigenvalue weighted by Gasteiger charge is -2.11. The second-order valence-corrected chi connectivity index (χ2v) is 6.43. The third-order valence-electron chi connectivity index (χ3n) is 3.49. The number of hydrogen-bond acceptors (Lipinski definition) is 2. The van der Waals surface area contributed by atoms with Crippen LogP contribution in [0.5, 0.6) is 0 Å². The van der Waals surface area contributed by atoms with Crippen molar-refractivity contribution in [2.45, 2.75) is 0 Å². The summed E-state index contributed by atoms with van der Waals surface area (Å²) in [7, 11) is 4.02. The van der Waals surface area contributed by atoms with Gasteiger partial charge in [-0.25, -0.2) is 0 Å². The molecule has 1 amide bonds.